The van der Waals surface area contributed by atoms with Gasteiger partial charge in [-0.05, 0) is 44.0 Å². The summed E-state index contributed by atoms with van der Waals surface area (Å²) in [6, 6.07) is 5.81. The van der Waals surface area contributed by atoms with Crippen LogP contribution >= 0.6 is 0 Å². The number of fused-ring (bicyclic) bond motifs is 1. The minimum atomic E-state index is 0.137. The van der Waals surface area contributed by atoms with E-state index in [0.717, 1.165) is 31.0 Å². The molecule has 0 saturated carbocycles. The van der Waals surface area contributed by atoms with Crippen LogP contribution in [0.15, 0.2) is 24.4 Å². The maximum Gasteiger partial charge on any atom is 0.220 e. The van der Waals surface area contributed by atoms with E-state index in [-0.39, 0.29) is 5.91 Å². The predicted octanol–water partition coefficient (Wildman–Crippen LogP) is 0.778. The SMILES string of the molecule is O=C(CC1CCCNC1)NCCc1nnc2ccccn12. The lowest BCUT2D eigenvalue weighted by atomic mass is 9.96. The Morgan fingerprint density at radius 2 is 2.38 bits per heavy atom. The number of nitrogens with one attached hydrogen (secondary N) is 2. The first-order valence-corrected chi connectivity index (χ1v) is 7.59. The summed E-state index contributed by atoms with van der Waals surface area (Å²) < 4.78 is 1.96. The van der Waals surface area contributed by atoms with E-state index in [0.29, 0.717) is 25.3 Å². The second kappa shape index (κ2) is 6.67. The largest absolute Gasteiger partial charge is 0.356 e. The average Bonchev–Trinajstić information content (AvgIpc) is 2.92. The van der Waals surface area contributed by atoms with E-state index in [4.69, 9.17) is 0 Å². The highest BCUT2D eigenvalue weighted by molar-refractivity contribution is 5.76. The molecule has 6 heteroatoms. The minimum absolute atomic E-state index is 0.137. The number of amides is 1. The van der Waals surface area contributed by atoms with Crippen molar-refractivity contribution in [2.24, 2.45) is 5.92 Å². The molecule has 1 fully saturated rings. The number of hydrogen-bond acceptors (Lipinski definition) is 4. The molecule has 2 aromatic heterocycles. The third-order valence-corrected chi connectivity index (χ3v) is 3.93. The third-order valence-electron chi connectivity index (χ3n) is 3.93. The highest BCUT2D eigenvalue weighted by Crippen LogP contribution is 2.13. The molecule has 1 aliphatic rings. The Hall–Kier alpha value is -1.95. The molecule has 0 radical (unpaired) electrons. The molecule has 3 rings (SSSR count). The standard InChI is InChI=1S/C15H21N5O/c21-15(10-12-4-3-7-16-11-12)17-8-6-14-19-18-13-5-1-2-9-20(13)14/h1-2,5,9,12,16H,3-4,6-8,10-11H2,(H,17,21). The van der Waals surface area contributed by atoms with E-state index in [9.17, 15) is 4.79 Å². The van der Waals surface area contributed by atoms with Crippen LogP contribution in [0.5, 0.6) is 0 Å². The summed E-state index contributed by atoms with van der Waals surface area (Å²) in [5.74, 6) is 1.50. The summed E-state index contributed by atoms with van der Waals surface area (Å²) in [6.07, 6.45) is 5.58. The number of piperidine rings is 1. The Morgan fingerprint density at radius 3 is 3.24 bits per heavy atom. The van der Waals surface area contributed by atoms with E-state index in [1.54, 1.807) is 0 Å². The molecule has 1 aliphatic heterocycles. The zero-order valence-corrected chi connectivity index (χ0v) is 12.1. The molecule has 2 aromatic rings. The van der Waals surface area contributed by atoms with Gasteiger partial charge in [-0.3, -0.25) is 9.20 Å². The lowest BCUT2D eigenvalue weighted by Gasteiger charge is -2.22. The molecule has 1 unspecified atom stereocenters. The van der Waals surface area contributed by atoms with Gasteiger partial charge >= 0.3 is 0 Å². The van der Waals surface area contributed by atoms with Gasteiger partial charge in [0, 0.05) is 25.6 Å². The lowest BCUT2D eigenvalue weighted by Crippen LogP contribution is -2.34. The Kier molecular flexibility index (Phi) is 4.45. The first-order chi connectivity index (χ1) is 10.3. The van der Waals surface area contributed by atoms with Gasteiger partial charge < -0.3 is 10.6 Å². The van der Waals surface area contributed by atoms with Crippen molar-refractivity contribution in [2.75, 3.05) is 19.6 Å². The quantitative estimate of drug-likeness (QED) is 0.852. The van der Waals surface area contributed by atoms with Gasteiger partial charge in [0.25, 0.3) is 0 Å². The molecule has 1 amide bonds. The molecule has 0 spiro atoms. The fourth-order valence-corrected chi connectivity index (χ4v) is 2.81. The van der Waals surface area contributed by atoms with Crippen molar-refractivity contribution < 1.29 is 4.79 Å². The summed E-state index contributed by atoms with van der Waals surface area (Å²) in [6.45, 7) is 2.65. The fraction of sp³-hybridized carbons (Fsp3) is 0.533. The predicted molar refractivity (Wildman–Crippen MR) is 79.9 cm³/mol. The molecule has 0 aliphatic carbocycles. The molecule has 3 heterocycles. The first kappa shape index (κ1) is 14.0. The third kappa shape index (κ3) is 3.58. The van der Waals surface area contributed by atoms with Crippen LogP contribution in [0.1, 0.15) is 25.1 Å². The fourth-order valence-electron chi connectivity index (χ4n) is 2.81. The van der Waals surface area contributed by atoms with Gasteiger partial charge in [-0.2, -0.15) is 0 Å². The van der Waals surface area contributed by atoms with Crippen molar-refractivity contribution in [3.05, 3.63) is 30.2 Å². The van der Waals surface area contributed by atoms with E-state index < -0.39 is 0 Å². The van der Waals surface area contributed by atoms with Gasteiger partial charge in [0.05, 0.1) is 0 Å². The summed E-state index contributed by atoms with van der Waals surface area (Å²) in [5, 5.41) is 14.6. The number of aromatic nitrogens is 3. The highest BCUT2D eigenvalue weighted by Gasteiger charge is 2.16. The van der Waals surface area contributed by atoms with Crippen LogP contribution in [0.25, 0.3) is 5.65 Å². The number of nitrogens with zero attached hydrogens (tertiary/aromatic N) is 3. The number of carbonyl (C=O) groups excluding carboxylic acids is 1. The molecule has 1 atom stereocenters. The average molecular weight is 287 g/mol. The Morgan fingerprint density at radius 1 is 1.43 bits per heavy atom. The minimum Gasteiger partial charge on any atom is -0.356 e. The molecular weight excluding hydrogens is 266 g/mol. The molecule has 21 heavy (non-hydrogen) atoms. The molecule has 0 bridgehead atoms. The molecule has 2 N–H and O–H groups in total. The topological polar surface area (TPSA) is 71.3 Å². The number of rotatable bonds is 5. The lowest BCUT2D eigenvalue weighted by molar-refractivity contribution is -0.122. The summed E-state index contributed by atoms with van der Waals surface area (Å²) >= 11 is 0. The van der Waals surface area contributed by atoms with Crippen LogP contribution < -0.4 is 10.6 Å². The van der Waals surface area contributed by atoms with Crippen LogP contribution in [0.3, 0.4) is 0 Å². The van der Waals surface area contributed by atoms with E-state index in [1.165, 1.54) is 6.42 Å². The zero-order chi connectivity index (χ0) is 14.5. The van der Waals surface area contributed by atoms with E-state index in [2.05, 4.69) is 20.8 Å². The Bertz CT molecular complexity index is 603. The number of hydrogen-bond donors (Lipinski definition) is 2. The van der Waals surface area contributed by atoms with Gasteiger partial charge in [0.15, 0.2) is 5.65 Å². The van der Waals surface area contributed by atoms with Gasteiger partial charge in [-0.1, -0.05) is 6.07 Å². The number of pyridine rings is 1. The van der Waals surface area contributed by atoms with Crippen molar-refractivity contribution >= 4 is 11.6 Å². The Labute approximate surface area is 123 Å². The molecule has 112 valence electrons. The van der Waals surface area contributed by atoms with Crippen LogP contribution in [-0.4, -0.2) is 40.1 Å². The van der Waals surface area contributed by atoms with Crippen LogP contribution in [0, 0.1) is 5.92 Å². The first-order valence-electron chi connectivity index (χ1n) is 7.59. The van der Waals surface area contributed by atoms with Gasteiger partial charge in [-0.25, -0.2) is 0 Å². The summed E-state index contributed by atoms with van der Waals surface area (Å²) in [5.41, 5.74) is 0.840. The maximum atomic E-state index is 11.9. The Balaban J connectivity index is 1.46. The van der Waals surface area contributed by atoms with Crippen molar-refractivity contribution in [1.82, 2.24) is 25.2 Å². The van der Waals surface area contributed by atoms with Crippen molar-refractivity contribution in [3.8, 4) is 0 Å². The second-order valence-electron chi connectivity index (χ2n) is 5.56. The smallest absolute Gasteiger partial charge is 0.220 e. The monoisotopic (exact) mass is 287 g/mol. The van der Waals surface area contributed by atoms with Gasteiger partial charge in [0.2, 0.25) is 5.91 Å². The van der Waals surface area contributed by atoms with Crippen LogP contribution in [-0.2, 0) is 11.2 Å². The van der Waals surface area contributed by atoms with Crippen molar-refractivity contribution in [2.45, 2.75) is 25.7 Å². The highest BCUT2D eigenvalue weighted by atomic mass is 16.1. The summed E-state index contributed by atoms with van der Waals surface area (Å²) in [4.78, 5) is 11.9. The molecule has 6 nitrogen and oxygen atoms in total. The van der Waals surface area contributed by atoms with Gasteiger partial charge in [0.1, 0.15) is 5.82 Å². The molecular formula is C15H21N5O. The normalized spacial score (nSPS) is 18.8. The van der Waals surface area contributed by atoms with Crippen LogP contribution in [0.2, 0.25) is 0 Å². The van der Waals surface area contributed by atoms with E-state index in [1.807, 2.05) is 28.8 Å². The zero-order valence-electron chi connectivity index (χ0n) is 12.1. The second-order valence-corrected chi connectivity index (χ2v) is 5.56. The molecule has 1 saturated heterocycles. The summed E-state index contributed by atoms with van der Waals surface area (Å²) in [7, 11) is 0. The molecule has 0 aromatic carbocycles. The van der Waals surface area contributed by atoms with Gasteiger partial charge in [-0.15, -0.1) is 10.2 Å². The maximum absolute atomic E-state index is 11.9. The number of carbonyl (C=O) groups is 1. The van der Waals surface area contributed by atoms with Crippen molar-refractivity contribution in [1.29, 1.82) is 0 Å². The van der Waals surface area contributed by atoms with E-state index >= 15 is 0 Å². The van der Waals surface area contributed by atoms with Crippen molar-refractivity contribution in [3.63, 3.8) is 0 Å². The van der Waals surface area contributed by atoms with Crippen LogP contribution in [0.4, 0.5) is 0 Å².